The minimum Gasteiger partial charge on any atom is -0.508 e. The van der Waals surface area contributed by atoms with E-state index in [-0.39, 0.29) is 11.5 Å². The third-order valence-corrected chi connectivity index (χ3v) is 2.96. The van der Waals surface area contributed by atoms with Gasteiger partial charge in [-0.3, -0.25) is 0 Å². The van der Waals surface area contributed by atoms with Crippen LogP contribution in [0.5, 0.6) is 11.5 Å². The average molecular weight is 248 g/mol. The topological polar surface area (TPSA) is 40.5 Å². The van der Waals surface area contributed by atoms with Crippen LogP contribution in [0.4, 0.5) is 0 Å². The van der Waals surface area contributed by atoms with Crippen LogP contribution in [-0.2, 0) is 6.42 Å². The molecule has 0 radical (unpaired) electrons. The molecule has 0 spiro atoms. The van der Waals surface area contributed by atoms with Crippen LogP contribution in [0.15, 0.2) is 30.4 Å². The van der Waals surface area contributed by atoms with Gasteiger partial charge < -0.3 is 10.2 Å². The highest BCUT2D eigenvalue weighted by atomic mass is 16.3. The van der Waals surface area contributed by atoms with Crippen molar-refractivity contribution >= 4 is 0 Å². The lowest BCUT2D eigenvalue weighted by atomic mass is 10.1. The maximum atomic E-state index is 9.33. The zero-order valence-corrected chi connectivity index (χ0v) is 11.2. The predicted octanol–water partition coefficient (Wildman–Crippen LogP) is 4.56. The summed E-state index contributed by atoms with van der Waals surface area (Å²) in [4.78, 5) is 0. The number of hydrogen-bond donors (Lipinski definition) is 2. The van der Waals surface area contributed by atoms with Gasteiger partial charge in [-0.2, -0.15) is 0 Å². The molecular weight excluding hydrogens is 224 g/mol. The fraction of sp³-hybridized carbons (Fsp3) is 0.500. The maximum absolute atomic E-state index is 9.33. The largest absolute Gasteiger partial charge is 0.508 e. The SMILES string of the molecule is CCCCCCC/C=C/Cc1cc(O)cc(O)c1. The molecule has 0 aliphatic heterocycles. The molecule has 0 saturated heterocycles. The number of hydrogen-bond acceptors (Lipinski definition) is 2. The van der Waals surface area contributed by atoms with Crippen molar-refractivity contribution in [3.63, 3.8) is 0 Å². The Balaban J connectivity index is 2.19. The Kier molecular flexibility index (Phi) is 7.00. The summed E-state index contributed by atoms with van der Waals surface area (Å²) in [7, 11) is 0. The zero-order valence-electron chi connectivity index (χ0n) is 11.2. The highest BCUT2D eigenvalue weighted by molar-refractivity contribution is 5.37. The highest BCUT2D eigenvalue weighted by Gasteiger charge is 1.96. The van der Waals surface area contributed by atoms with Crippen LogP contribution in [0.1, 0.15) is 51.0 Å². The molecule has 0 amide bonds. The van der Waals surface area contributed by atoms with Gasteiger partial charge >= 0.3 is 0 Å². The van der Waals surface area contributed by atoms with E-state index >= 15 is 0 Å². The number of allylic oxidation sites excluding steroid dienone is 2. The lowest BCUT2D eigenvalue weighted by Gasteiger charge is -2.00. The fourth-order valence-electron chi connectivity index (χ4n) is 1.98. The molecule has 0 saturated carbocycles. The van der Waals surface area contributed by atoms with Crippen molar-refractivity contribution in [2.45, 2.75) is 51.9 Å². The first-order valence-electron chi connectivity index (χ1n) is 6.89. The molecule has 1 aromatic carbocycles. The Morgan fingerprint density at radius 2 is 1.56 bits per heavy atom. The second-order valence-corrected chi connectivity index (χ2v) is 4.74. The van der Waals surface area contributed by atoms with Crippen LogP contribution in [0.2, 0.25) is 0 Å². The molecule has 0 bridgehead atoms. The normalized spacial score (nSPS) is 11.2. The van der Waals surface area contributed by atoms with E-state index in [1.54, 1.807) is 12.1 Å². The first kappa shape index (κ1) is 14.6. The first-order chi connectivity index (χ1) is 8.72. The van der Waals surface area contributed by atoms with Crippen molar-refractivity contribution < 1.29 is 10.2 Å². The summed E-state index contributed by atoms with van der Waals surface area (Å²) >= 11 is 0. The van der Waals surface area contributed by atoms with E-state index in [1.807, 2.05) is 0 Å². The number of benzene rings is 1. The standard InChI is InChI=1S/C16H24O2/c1-2-3-4-5-6-7-8-9-10-14-11-15(17)13-16(18)12-14/h8-9,11-13,17-18H,2-7,10H2,1H3/b9-8+. The molecule has 2 nitrogen and oxygen atoms in total. The maximum Gasteiger partial charge on any atom is 0.119 e. The smallest absolute Gasteiger partial charge is 0.119 e. The Labute approximate surface area is 110 Å². The molecule has 1 aromatic rings. The molecular formula is C16H24O2. The van der Waals surface area contributed by atoms with Crippen LogP contribution in [-0.4, -0.2) is 10.2 Å². The van der Waals surface area contributed by atoms with Crippen LogP contribution in [0.25, 0.3) is 0 Å². The first-order valence-corrected chi connectivity index (χ1v) is 6.89. The van der Waals surface area contributed by atoms with Crippen LogP contribution in [0, 0.1) is 0 Å². The lowest BCUT2D eigenvalue weighted by Crippen LogP contribution is -1.81. The summed E-state index contributed by atoms with van der Waals surface area (Å²) in [5.41, 5.74) is 0.940. The summed E-state index contributed by atoms with van der Waals surface area (Å²) in [5, 5.41) is 18.7. The van der Waals surface area contributed by atoms with E-state index in [4.69, 9.17) is 0 Å². The van der Waals surface area contributed by atoms with Gasteiger partial charge in [-0.25, -0.2) is 0 Å². The molecule has 0 fully saturated rings. The molecule has 0 aromatic heterocycles. The van der Waals surface area contributed by atoms with Gasteiger partial charge in [-0.1, -0.05) is 44.8 Å². The van der Waals surface area contributed by atoms with Crippen molar-refractivity contribution in [1.29, 1.82) is 0 Å². The van der Waals surface area contributed by atoms with Crippen LogP contribution >= 0.6 is 0 Å². The summed E-state index contributed by atoms with van der Waals surface area (Å²) in [6, 6.07) is 4.72. The third-order valence-electron chi connectivity index (χ3n) is 2.96. The number of unbranched alkanes of at least 4 members (excludes halogenated alkanes) is 5. The van der Waals surface area contributed by atoms with Crippen LogP contribution in [0.3, 0.4) is 0 Å². The number of aromatic hydroxyl groups is 2. The van der Waals surface area contributed by atoms with Crippen molar-refractivity contribution in [2.24, 2.45) is 0 Å². The van der Waals surface area contributed by atoms with E-state index in [0.717, 1.165) is 18.4 Å². The molecule has 2 heteroatoms. The zero-order chi connectivity index (χ0) is 13.2. The van der Waals surface area contributed by atoms with Crippen LogP contribution < -0.4 is 0 Å². The van der Waals surface area contributed by atoms with E-state index in [9.17, 15) is 10.2 Å². The monoisotopic (exact) mass is 248 g/mol. The minimum atomic E-state index is 0.123. The van der Waals surface area contributed by atoms with Gasteiger partial charge in [0, 0.05) is 6.07 Å². The average Bonchev–Trinajstić information content (AvgIpc) is 2.31. The molecule has 0 atom stereocenters. The molecule has 0 aliphatic rings. The minimum absolute atomic E-state index is 0.123. The summed E-state index contributed by atoms with van der Waals surface area (Å²) in [6.07, 6.45) is 12.7. The molecule has 0 aliphatic carbocycles. The third kappa shape index (κ3) is 6.33. The Morgan fingerprint density at radius 3 is 2.22 bits per heavy atom. The number of phenols is 2. The summed E-state index contributed by atoms with van der Waals surface area (Å²) in [5.74, 6) is 0.246. The molecule has 2 N–H and O–H groups in total. The predicted molar refractivity (Wildman–Crippen MR) is 76.0 cm³/mol. The van der Waals surface area contributed by atoms with Gasteiger partial charge in [0.15, 0.2) is 0 Å². The van der Waals surface area contributed by atoms with Crippen molar-refractivity contribution in [2.75, 3.05) is 0 Å². The molecule has 0 unspecified atom stereocenters. The van der Waals surface area contributed by atoms with Crippen molar-refractivity contribution in [3.05, 3.63) is 35.9 Å². The highest BCUT2D eigenvalue weighted by Crippen LogP contribution is 2.20. The second-order valence-electron chi connectivity index (χ2n) is 4.74. The van der Waals surface area contributed by atoms with Crippen molar-refractivity contribution in [3.8, 4) is 11.5 Å². The molecule has 100 valence electrons. The van der Waals surface area contributed by atoms with Gasteiger partial charge in [-0.05, 0) is 37.0 Å². The quantitative estimate of drug-likeness (QED) is 0.523. The fourth-order valence-corrected chi connectivity index (χ4v) is 1.98. The van der Waals surface area contributed by atoms with Gasteiger partial charge in [0.1, 0.15) is 11.5 Å². The second kappa shape index (κ2) is 8.62. The van der Waals surface area contributed by atoms with E-state index < -0.39 is 0 Å². The lowest BCUT2D eigenvalue weighted by molar-refractivity contribution is 0.449. The van der Waals surface area contributed by atoms with Crippen molar-refractivity contribution in [1.82, 2.24) is 0 Å². The van der Waals surface area contributed by atoms with E-state index in [0.29, 0.717) is 0 Å². The number of rotatable bonds is 8. The Hall–Kier alpha value is -1.44. The Morgan fingerprint density at radius 1 is 0.889 bits per heavy atom. The number of phenolic OH excluding ortho intramolecular Hbond substituents is 2. The van der Waals surface area contributed by atoms with Gasteiger partial charge in [0.2, 0.25) is 0 Å². The molecule has 18 heavy (non-hydrogen) atoms. The summed E-state index contributed by atoms with van der Waals surface area (Å²) in [6.45, 7) is 2.23. The van der Waals surface area contributed by atoms with Gasteiger partial charge in [0.25, 0.3) is 0 Å². The van der Waals surface area contributed by atoms with E-state index in [1.165, 1.54) is 38.2 Å². The summed E-state index contributed by atoms with van der Waals surface area (Å²) < 4.78 is 0. The molecule has 1 rings (SSSR count). The molecule has 0 heterocycles. The van der Waals surface area contributed by atoms with Gasteiger partial charge in [0.05, 0.1) is 0 Å². The Bertz CT molecular complexity index is 349. The van der Waals surface area contributed by atoms with Gasteiger partial charge in [-0.15, -0.1) is 0 Å². The van der Waals surface area contributed by atoms with E-state index in [2.05, 4.69) is 19.1 Å².